The van der Waals surface area contributed by atoms with Gasteiger partial charge in [-0.15, -0.1) is 10.2 Å². The first-order valence-corrected chi connectivity index (χ1v) is 16.3. The molecule has 2 amide bonds. The van der Waals surface area contributed by atoms with E-state index < -0.39 is 30.0 Å². The van der Waals surface area contributed by atoms with Gasteiger partial charge in [-0.3, -0.25) is 14.2 Å². The predicted molar refractivity (Wildman–Crippen MR) is 180 cm³/mol. The van der Waals surface area contributed by atoms with Crippen LogP contribution in [0.5, 0.6) is 0 Å². The molecule has 1 aliphatic heterocycles. The number of aromatic nitrogens is 4. The molecule has 5 aromatic rings. The fourth-order valence-electron chi connectivity index (χ4n) is 6.75. The predicted octanol–water partition coefficient (Wildman–Crippen LogP) is 7.15. The highest BCUT2D eigenvalue weighted by Crippen LogP contribution is 2.41. The Morgan fingerprint density at radius 1 is 0.980 bits per heavy atom. The number of carbonyl (C=O) groups is 2. The minimum atomic E-state index is -1.16. The molecule has 1 N–H and O–H groups in total. The van der Waals surface area contributed by atoms with E-state index in [1.165, 1.54) is 11.0 Å². The van der Waals surface area contributed by atoms with Gasteiger partial charge in [0, 0.05) is 48.1 Å². The number of anilines is 1. The van der Waals surface area contributed by atoms with Gasteiger partial charge in [0.25, 0.3) is 0 Å². The Labute approximate surface area is 281 Å². The van der Waals surface area contributed by atoms with Crippen LogP contribution in [0.1, 0.15) is 54.9 Å². The molecule has 0 saturated carbocycles. The first-order valence-electron chi connectivity index (χ1n) is 16.3. The summed E-state index contributed by atoms with van der Waals surface area (Å²) >= 11 is 0. The largest absolute Gasteiger partial charge is 0.361 e. The second kappa shape index (κ2) is 12.9. The van der Waals surface area contributed by atoms with Crippen LogP contribution in [0.2, 0.25) is 0 Å². The van der Waals surface area contributed by atoms with E-state index >= 15 is 8.78 Å². The fraction of sp³-hybridized carbons (Fsp3) is 0.263. The van der Waals surface area contributed by atoms with E-state index in [2.05, 4.69) is 15.2 Å². The summed E-state index contributed by atoms with van der Waals surface area (Å²) < 4.78 is 46.4. The molecule has 0 spiro atoms. The van der Waals surface area contributed by atoms with Gasteiger partial charge in [0.2, 0.25) is 11.8 Å². The monoisotopic (exact) mass is 664 g/mol. The average Bonchev–Trinajstić information content (AvgIpc) is 3.68. The zero-order valence-electron chi connectivity index (χ0n) is 27.3. The SMILES string of the molecule is CC1Cc2c(CC3C(=O)N(CC(=O)N(Cc4ccccc4)C(C)C)c4cc(F)c(F)cc4-n4c(-c5ccccc5)nnc43)c[nH]c2C=C1F. The Morgan fingerprint density at radius 3 is 2.35 bits per heavy atom. The van der Waals surface area contributed by atoms with Crippen molar-refractivity contribution in [3.8, 4) is 17.1 Å². The van der Waals surface area contributed by atoms with Gasteiger partial charge in [-0.1, -0.05) is 67.6 Å². The van der Waals surface area contributed by atoms with Gasteiger partial charge in [0.1, 0.15) is 18.3 Å². The molecule has 0 saturated heterocycles. The summed E-state index contributed by atoms with van der Waals surface area (Å²) in [6.07, 6.45) is 3.78. The number of hydrogen-bond donors (Lipinski definition) is 1. The molecule has 11 heteroatoms. The highest BCUT2D eigenvalue weighted by molar-refractivity contribution is 6.04. The van der Waals surface area contributed by atoms with Crippen LogP contribution in [0.25, 0.3) is 23.2 Å². The van der Waals surface area contributed by atoms with Gasteiger partial charge >= 0.3 is 0 Å². The third-order valence-corrected chi connectivity index (χ3v) is 9.38. The molecule has 49 heavy (non-hydrogen) atoms. The summed E-state index contributed by atoms with van der Waals surface area (Å²) in [5.41, 5.74) is 4.01. The topological polar surface area (TPSA) is 87.1 Å². The van der Waals surface area contributed by atoms with E-state index in [4.69, 9.17) is 0 Å². The van der Waals surface area contributed by atoms with Crippen LogP contribution >= 0.6 is 0 Å². The van der Waals surface area contributed by atoms with Crippen molar-refractivity contribution in [3.05, 3.63) is 125 Å². The van der Waals surface area contributed by atoms with Crippen LogP contribution in [-0.4, -0.2) is 49.0 Å². The Morgan fingerprint density at radius 2 is 1.65 bits per heavy atom. The van der Waals surface area contributed by atoms with E-state index in [1.807, 2.05) is 74.5 Å². The number of hydrogen-bond acceptors (Lipinski definition) is 4. The third-order valence-electron chi connectivity index (χ3n) is 9.38. The number of fused-ring (bicyclic) bond motifs is 4. The molecule has 2 aliphatic rings. The van der Waals surface area contributed by atoms with Gasteiger partial charge in [0.15, 0.2) is 23.3 Å². The lowest BCUT2D eigenvalue weighted by Crippen LogP contribution is -2.46. The minimum Gasteiger partial charge on any atom is -0.361 e. The zero-order chi connectivity index (χ0) is 34.4. The first kappa shape index (κ1) is 32.1. The number of halogens is 3. The zero-order valence-corrected chi connectivity index (χ0v) is 27.3. The number of amides is 2. The lowest BCUT2D eigenvalue weighted by Gasteiger charge is -2.31. The summed E-state index contributed by atoms with van der Waals surface area (Å²) in [7, 11) is 0. The van der Waals surface area contributed by atoms with Crippen molar-refractivity contribution in [3.63, 3.8) is 0 Å². The van der Waals surface area contributed by atoms with Gasteiger partial charge < -0.3 is 14.8 Å². The molecule has 1 aliphatic carbocycles. The standard InChI is InChI=1S/C38H35F3N6O2/c1-22(2)45(20-24-10-6-4-7-11-24)35(48)21-46-33-17-30(40)31(41)18-34(33)47-36(25-12-8-5-9-13-25)43-44-37(47)28(38(46)49)15-26-19-42-32-16-29(39)23(3)14-27(26)32/h4-13,16-19,22-23,28,42H,14-15,20-21H2,1-3H3. The maximum atomic E-state index is 15.1. The van der Waals surface area contributed by atoms with Crippen LogP contribution in [0.4, 0.5) is 18.9 Å². The third kappa shape index (κ3) is 5.94. The van der Waals surface area contributed by atoms with Crippen molar-refractivity contribution >= 4 is 23.6 Å². The molecule has 250 valence electrons. The molecule has 7 rings (SSSR count). The Hall–Kier alpha value is -5.45. The second-order valence-corrected chi connectivity index (χ2v) is 13.0. The number of benzene rings is 3. The van der Waals surface area contributed by atoms with E-state index in [9.17, 15) is 14.0 Å². The first-order chi connectivity index (χ1) is 23.6. The van der Waals surface area contributed by atoms with Gasteiger partial charge in [-0.05, 0) is 49.5 Å². The maximum absolute atomic E-state index is 15.1. The van der Waals surface area contributed by atoms with Gasteiger partial charge in [0.05, 0.1) is 11.4 Å². The highest BCUT2D eigenvalue weighted by Gasteiger charge is 2.40. The van der Waals surface area contributed by atoms with Crippen molar-refractivity contribution in [2.45, 2.75) is 52.1 Å². The number of allylic oxidation sites excluding steroid dienone is 1. The van der Waals surface area contributed by atoms with Crippen LogP contribution in [0.3, 0.4) is 0 Å². The molecule has 2 atom stereocenters. The lowest BCUT2D eigenvalue weighted by atomic mass is 9.88. The Kier molecular flexibility index (Phi) is 8.43. The number of nitrogens with zero attached hydrogens (tertiary/aromatic N) is 5. The molecule has 2 unspecified atom stereocenters. The molecule has 0 bridgehead atoms. The Bertz CT molecular complexity index is 2070. The number of H-pyrrole nitrogens is 1. The molecule has 3 heterocycles. The van der Waals surface area contributed by atoms with Crippen molar-refractivity contribution in [1.82, 2.24) is 24.6 Å². The smallest absolute Gasteiger partial charge is 0.243 e. The molecule has 3 aromatic carbocycles. The van der Waals surface area contributed by atoms with E-state index in [-0.39, 0.29) is 47.3 Å². The van der Waals surface area contributed by atoms with Crippen molar-refractivity contribution in [2.75, 3.05) is 11.4 Å². The number of nitrogens with one attached hydrogen (secondary N) is 1. The summed E-state index contributed by atoms with van der Waals surface area (Å²) in [5, 5.41) is 8.95. The van der Waals surface area contributed by atoms with E-state index in [0.29, 0.717) is 30.0 Å². The van der Waals surface area contributed by atoms with Crippen molar-refractivity contribution < 1.29 is 22.8 Å². The number of aromatic amines is 1. The molecular formula is C38H35F3N6O2. The number of rotatable bonds is 8. The van der Waals surface area contributed by atoms with Crippen LogP contribution in [-0.2, 0) is 29.0 Å². The van der Waals surface area contributed by atoms with Gasteiger partial charge in [-0.2, -0.15) is 0 Å². The minimum absolute atomic E-state index is 0.0242. The quantitative estimate of drug-likeness (QED) is 0.191. The molecule has 2 aromatic heterocycles. The maximum Gasteiger partial charge on any atom is 0.243 e. The summed E-state index contributed by atoms with van der Waals surface area (Å²) in [6.45, 7) is 5.45. The van der Waals surface area contributed by atoms with Crippen molar-refractivity contribution in [1.29, 1.82) is 0 Å². The highest BCUT2D eigenvalue weighted by atomic mass is 19.2. The van der Waals surface area contributed by atoms with E-state index in [0.717, 1.165) is 28.8 Å². The summed E-state index contributed by atoms with van der Waals surface area (Å²) in [5.74, 6) is -4.19. The summed E-state index contributed by atoms with van der Waals surface area (Å²) in [6, 6.07) is 20.4. The van der Waals surface area contributed by atoms with Crippen LogP contribution in [0, 0.1) is 17.6 Å². The average molecular weight is 665 g/mol. The normalized spacial score (nSPS) is 16.9. The van der Waals surface area contributed by atoms with Gasteiger partial charge in [-0.25, -0.2) is 13.2 Å². The molecule has 8 nitrogen and oxygen atoms in total. The van der Waals surface area contributed by atoms with Crippen LogP contribution < -0.4 is 4.90 Å². The van der Waals surface area contributed by atoms with Crippen LogP contribution in [0.15, 0.2) is 84.8 Å². The molecule has 0 radical (unpaired) electrons. The Balaban J connectivity index is 1.37. The number of carbonyl (C=O) groups excluding carboxylic acids is 2. The molecular weight excluding hydrogens is 629 g/mol. The lowest BCUT2D eigenvalue weighted by molar-refractivity contribution is -0.133. The second-order valence-electron chi connectivity index (χ2n) is 13.0. The van der Waals surface area contributed by atoms with E-state index in [1.54, 1.807) is 22.6 Å². The fourth-order valence-corrected chi connectivity index (χ4v) is 6.75. The summed E-state index contributed by atoms with van der Waals surface area (Å²) in [4.78, 5) is 35.1. The van der Waals surface area contributed by atoms with Crippen molar-refractivity contribution in [2.24, 2.45) is 5.92 Å². The molecule has 0 fully saturated rings.